The van der Waals surface area contributed by atoms with Crippen molar-refractivity contribution in [1.29, 1.82) is 0 Å². The Morgan fingerprint density at radius 1 is 1.62 bits per heavy atom. The first-order chi connectivity index (χ1) is 3.77. The molecule has 0 saturated carbocycles. The van der Waals surface area contributed by atoms with Gasteiger partial charge in [-0.25, -0.2) is 0 Å². The van der Waals surface area contributed by atoms with Crippen LogP contribution in [0.4, 0.5) is 0 Å². The number of carboxylic acid groups (broad SMARTS) is 1. The summed E-state index contributed by atoms with van der Waals surface area (Å²) in [4.78, 5) is 9.60. The Labute approximate surface area is 58.3 Å². The summed E-state index contributed by atoms with van der Waals surface area (Å²) >= 11 is 2.62. The maximum absolute atomic E-state index is 9.60. The molecule has 0 aliphatic carbocycles. The second-order valence-corrected chi connectivity index (χ2v) is 1.14. The fraction of sp³-hybridized carbons (Fsp3) is 0.800. The molecule has 0 aromatic heterocycles. The van der Waals surface area contributed by atoms with Crippen LogP contribution in [0.3, 0.4) is 0 Å². The van der Waals surface area contributed by atoms with Gasteiger partial charge in [0.15, 0.2) is 0 Å². The van der Waals surface area contributed by atoms with Gasteiger partial charge in [0.05, 0.1) is 0 Å². The third-order valence-corrected chi connectivity index (χ3v) is 0.464. The number of aliphatic carboxylic acids is 1. The van der Waals surface area contributed by atoms with Gasteiger partial charge in [0.25, 0.3) is 0 Å². The van der Waals surface area contributed by atoms with Crippen LogP contribution < -0.4 is 0 Å². The van der Waals surface area contributed by atoms with Gasteiger partial charge in [-0.15, -0.1) is 0 Å². The summed E-state index contributed by atoms with van der Waals surface area (Å²) in [5.41, 5.74) is 0. The van der Waals surface area contributed by atoms with Crippen LogP contribution in [0.1, 0.15) is 19.8 Å². The van der Waals surface area contributed by atoms with Gasteiger partial charge >= 0.3 is 28.0 Å². The van der Waals surface area contributed by atoms with E-state index in [1.165, 1.54) is 0 Å². The number of carbonyl (C=O) groups is 1. The number of hydrogen-bond donors (Lipinski definition) is 1. The molecule has 0 aliphatic rings. The Hall–Kier alpha value is 0.00247. The minimum atomic E-state index is -0.711. The van der Waals surface area contributed by atoms with Crippen LogP contribution in [0.25, 0.3) is 0 Å². The van der Waals surface area contributed by atoms with Crippen molar-refractivity contribution in [1.82, 2.24) is 0 Å². The molecule has 49 valence electrons. The van der Waals surface area contributed by atoms with Crippen molar-refractivity contribution in [3.05, 3.63) is 0 Å². The zero-order chi connectivity index (χ0) is 6.99. The average Bonchev–Trinajstić information content (AvgIpc) is 1.72. The van der Waals surface area contributed by atoms with Gasteiger partial charge in [-0.1, -0.05) is 6.92 Å². The second kappa shape index (κ2) is 10.1. The predicted molar refractivity (Wildman–Crippen MR) is 28.4 cm³/mol. The Bertz CT molecular complexity index is 54.4. The molecule has 0 aliphatic heterocycles. The van der Waals surface area contributed by atoms with Crippen LogP contribution in [-0.2, 0) is 21.1 Å². The van der Waals surface area contributed by atoms with E-state index in [0.29, 0.717) is 6.42 Å². The molecule has 0 radical (unpaired) electrons. The Kier molecular flexibility index (Phi) is 13.7. The summed E-state index contributed by atoms with van der Waals surface area (Å²) in [6.07, 6.45) is 1.02. The van der Waals surface area contributed by atoms with Crippen molar-refractivity contribution in [3.8, 4) is 0 Å². The van der Waals surface area contributed by atoms with Crippen molar-refractivity contribution in [3.63, 3.8) is 0 Å². The zero-order valence-electron chi connectivity index (χ0n) is 5.18. The van der Waals surface area contributed by atoms with Crippen LogP contribution >= 0.6 is 0 Å². The molecular formula is C5H11CrO2. The second-order valence-electron chi connectivity index (χ2n) is 1.14. The Balaban J connectivity index is 0. The normalized spacial score (nSPS) is 6.75. The van der Waals surface area contributed by atoms with E-state index in [4.69, 9.17) is 5.11 Å². The first-order valence-corrected chi connectivity index (χ1v) is 3.67. The molecule has 0 amide bonds. The van der Waals surface area contributed by atoms with Gasteiger partial charge in [-0.05, 0) is 6.42 Å². The summed E-state index contributed by atoms with van der Waals surface area (Å²) in [6, 6.07) is 0. The molecule has 0 fully saturated rings. The monoisotopic (exact) mass is 155 g/mol. The van der Waals surface area contributed by atoms with Gasteiger partial charge in [-0.3, -0.25) is 4.79 Å². The molecule has 0 aromatic carbocycles. The van der Waals surface area contributed by atoms with Crippen molar-refractivity contribution in [2.75, 3.05) is 0 Å². The summed E-state index contributed by atoms with van der Waals surface area (Å²) in [6.45, 7) is 1.84. The predicted octanol–water partition coefficient (Wildman–Crippen LogP) is 1.45. The standard InChI is InChI=1S/C4H8O2.CH3.Cr/c1-2-3-4(5)6;;/h2-3H2,1H3,(H,5,6);1H3;. The molecule has 0 saturated heterocycles. The summed E-state index contributed by atoms with van der Waals surface area (Å²) < 4.78 is 0. The van der Waals surface area contributed by atoms with E-state index in [2.05, 4.69) is 16.3 Å². The van der Waals surface area contributed by atoms with E-state index in [1.54, 1.807) is 0 Å². The molecule has 2 nitrogen and oxygen atoms in total. The van der Waals surface area contributed by atoms with Crippen LogP contribution in [0.2, 0.25) is 5.79 Å². The maximum atomic E-state index is 9.60. The summed E-state index contributed by atoms with van der Waals surface area (Å²) in [7, 11) is 0. The van der Waals surface area contributed by atoms with Crippen LogP contribution in [-0.4, -0.2) is 11.1 Å². The van der Waals surface area contributed by atoms with Crippen LogP contribution in [0, 0.1) is 0 Å². The third-order valence-electron chi connectivity index (χ3n) is 0.464. The van der Waals surface area contributed by atoms with E-state index in [1.807, 2.05) is 12.7 Å². The molecular weight excluding hydrogens is 144 g/mol. The zero-order valence-corrected chi connectivity index (χ0v) is 6.45. The quantitative estimate of drug-likeness (QED) is 0.655. The average molecular weight is 155 g/mol. The van der Waals surface area contributed by atoms with Crippen LogP contribution in [0.5, 0.6) is 0 Å². The SMILES string of the molecule is CCCC(=O)O.[CH3][Cr]. The van der Waals surface area contributed by atoms with E-state index >= 15 is 0 Å². The van der Waals surface area contributed by atoms with Crippen molar-refractivity contribution in [2.24, 2.45) is 0 Å². The molecule has 0 heterocycles. The van der Waals surface area contributed by atoms with Crippen LogP contribution in [0.15, 0.2) is 0 Å². The van der Waals surface area contributed by atoms with E-state index < -0.39 is 5.97 Å². The van der Waals surface area contributed by atoms with Gasteiger partial charge in [0, 0.05) is 6.42 Å². The van der Waals surface area contributed by atoms with Crippen molar-refractivity contribution in [2.45, 2.75) is 25.6 Å². The summed E-state index contributed by atoms with van der Waals surface area (Å²) in [5, 5.41) is 7.91. The Morgan fingerprint density at radius 2 is 2.00 bits per heavy atom. The topological polar surface area (TPSA) is 37.3 Å². The fourth-order valence-corrected chi connectivity index (χ4v) is 0.214. The number of carboxylic acids is 1. The molecule has 0 aromatic rings. The first kappa shape index (κ1) is 10.9. The van der Waals surface area contributed by atoms with Gasteiger partial charge in [0.2, 0.25) is 0 Å². The molecule has 0 unspecified atom stereocenters. The molecule has 1 N–H and O–H groups in total. The molecule has 3 heteroatoms. The Morgan fingerprint density at radius 3 is 2.00 bits per heavy atom. The van der Waals surface area contributed by atoms with Gasteiger partial charge in [-0.2, -0.15) is 0 Å². The first-order valence-electron chi connectivity index (χ1n) is 2.40. The fourth-order valence-electron chi connectivity index (χ4n) is 0.214. The van der Waals surface area contributed by atoms with E-state index in [-0.39, 0.29) is 0 Å². The molecule has 0 spiro atoms. The number of rotatable bonds is 2. The van der Waals surface area contributed by atoms with E-state index in [9.17, 15) is 4.79 Å². The van der Waals surface area contributed by atoms with Gasteiger partial charge < -0.3 is 5.11 Å². The molecule has 0 atom stereocenters. The van der Waals surface area contributed by atoms with Gasteiger partial charge in [0.1, 0.15) is 0 Å². The summed E-state index contributed by atoms with van der Waals surface area (Å²) in [5.74, 6) is 1.16. The molecule has 8 heavy (non-hydrogen) atoms. The van der Waals surface area contributed by atoms with Crippen molar-refractivity contribution >= 4 is 5.97 Å². The third kappa shape index (κ3) is 16.7. The minimum absolute atomic E-state index is 0.292. The number of hydrogen-bond acceptors (Lipinski definition) is 1. The van der Waals surface area contributed by atoms with E-state index in [0.717, 1.165) is 6.42 Å². The van der Waals surface area contributed by atoms with Crippen molar-refractivity contribution < 1.29 is 26.2 Å². The molecule has 0 bridgehead atoms. The molecule has 0 rings (SSSR count).